The standard InChI is InChI=1S/C25H28N6O2/c1-16-7-2-3-8-17(16)14-20-29-23(26-9-6-12-31-10-4-5-11-31)21-22-19(28-24(21)30-20)13-18(15-27-22)25(32)33/h2-3,7-8,13,15H,4-6,9-12,14H2,1H3,(H,32,33)(H2,26,28,29,30). The van der Waals surface area contributed by atoms with E-state index in [-0.39, 0.29) is 5.56 Å². The number of aromatic amines is 1. The minimum atomic E-state index is -1.00. The van der Waals surface area contributed by atoms with Crippen molar-refractivity contribution in [2.45, 2.75) is 32.6 Å². The Morgan fingerprint density at radius 2 is 2.03 bits per heavy atom. The van der Waals surface area contributed by atoms with Crippen LogP contribution < -0.4 is 5.32 Å². The van der Waals surface area contributed by atoms with Crippen molar-refractivity contribution in [3.63, 3.8) is 0 Å². The van der Waals surface area contributed by atoms with E-state index < -0.39 is 5.97 Å². The maximum Gasteiger partial charge on any atom is 0.337 e. The van der Waals surface area contributed by atoms with E-state index in [1.54, 1.807) is 6.07 Å². The van der Waals surface area contributed by atoms with Crippen molar-refractivity contribution in [3.8, 4) is 0 Å². The van der Waals surface area contributed by atoms with Crippen LogP contribution in [0.4, 0.5) is 5.82 Å². The van der Waals surface area contributed by atoms with E-state index in [1.807, 2.05) is 12.1 Å². The number of carboxylic acids is 1. The molecule has 8 nitrogen and oxygen atoms in total. The molecule has 1 saturated heterocycles. The van der Waals surface area contributed by atoms with Gasteiger partial charge >= 0.3 is 5.97 Å². The number of nitrogens with one attached hydrogen (secondary N) is 2. The first kappa shape index (κ1) is 21.3. The summed E-state index contributed by atoms with van der Waals surface area (Å²) in [6.45, 7) is 6.34. The van der Waals surface area contributed by atoms with Gasteiger partial charge in [0.05, 0.1) is 16.5 Å². The molecule has 0 bridgehead atoms. The highest BCUT2D eigenvalue weighted by molar-refractivity contribution is 6.10. The van der Waals surface area contributed by atoms with Gasteiger partial charge in [-0.05, 0) is 63.0 Å². The minimum absolute atomic E-state index is 0.141. The van der Waals surface area contributed by atoms with Crippen LogP contribution in [0.15, 0.2) is 36.5 Å². The summed E-state index contributed by atoms with van der Waals surface area (Å²) in [5.41, 5.74) is 4.51. The molecule has 4 aromatic rings. The number of aryl methyl sites for hydroxylation is 1. The number of H-pyrrole nitrogens is 1. The zero-order valence-electron chi connectivity index (χ0n) is 18.8. The maximum atomic E-state index is 11.4. The summed E-state index contributed by atoms with van der Waals surface area (Å²) in [7, 11) is 0. The number of aromatic carboxylic acids is 1. The third-order valence-electron chi connectivity index (χ3n) is 6.33. The number of nitrogens with zero attached hydrogens (tertiary/aromatic N) is 4. The van der Waals surface area contributed by atoms with E-state index in [9.17, 15) is 9.90 Å². The van der Waals surface area contributed by atoms with Gasteiger partial charge in [0.15, 0.2) is 0 Å². The first-order valence-electron chi connectivity index (χ1n) is 11.5. The third kappa shape index (κ3) is 4.52. The molecule has 0 unspecified atom stereocenters. The molecule has 0 amide bonds. The van der Waals surface area contributed by atoms with E-state index in [0.717, 1.165) is 30.7 Å². The summed E-state index contributed by atoms with van der Waals surface area (Å²) in [6, 6.07) is 9.84. The number of fused-ring (bicyclic) bond motifs is 3. The van der Waals surface area contributed by atoms with Crippen LogP contribution in [-0.2, 0) is 6.42 Å². The van der Waals surface area contributed by atoms with E-state index in [1.165, 1.54) is 43.3 Å². The predicted octanol–water partition coefficient (Wildman–Crippen LogP) is 4.00. The molecule has 170 valence electrons. The average Bonchev–Trinajstić information content (AvgIpc) is 3.45. The lowest BCUT2D eigenvalue weighted by molar-refractivity contribution is 0.0696. The number of pyridine rings is 1. The van der Waals surface area contributed by atoms with Crippen LogP contribution in [-0.4, -0.2) is 62.1 Å². The van der Waals surface area contributed by atoms with Gasteiger partial charge < -0.3 is 20.3 Å². The number of anilines is 1. The lowest BCUT2D eigenvalue weighted by atomic mass is 10.1. The fourth-order valence-corrected chi connectivity index (χ4v) is 4.53. The second-order valence-corrected chi connectivity index (χ2v) is 8.69. The summed E-state index contributed by atoms with van der Waals surface area (Å²) in [6.07, 6.45) is 5.62. The van der Waals surface area contributed by atoms with Crippen LogP contribution in [0, 0.1) is 6.92 Å². The molecule has 1 aliphatic rings. The molecule has 0 aliphatic carbocycles. The molecular weight excluding hydrogens is 416 g/mol. The number of carboxylic acid groups (broad SMARTS) is 1. The number of rotatable bonds is 8. The molecule has 1 aromatic carbocycles. The molecule has 0 atom stereocenters. The predicted molar refractivity (Wildman–Crippen MR) is 129 cm³/mol. The summed E-state index contributed by atoms with van der Waals surface area (Å²) in [5.74, 6) is 0.449. The first-order valence-corrected chi connectivity index (χ1v) is 11.5. The van der Waals surface area contributed by atoms with Crippen LogP contribution in [0.2, 0.25) is 0 Å². The van der Waals surface area contributed by atoms with Crippen LogP contribution in [0.25, 0.3) is 22.1 Å². The molecule has 0 saturated carbocycles. The number of benzene rings is 1. The van der Waals surface area contributed by atoms with E-state index >= 15 is 0 Å². The van der Waals surface area contributed by atoms with E-state index in [4.69, 9.17) is 9.97 Å². The van der Waals surface area contributed by atoms with E-state index in [2.05, 4.69) is 39.2 Å². The normalized spacial score (nSPS) is 14.3. The second-order valence-electron chi connectivity index (χ2n) is 8.69. The molecule has 33 heavy (non-hydrogen) atoms. The quantitative estimate of drug-likeness (QED) is 0.353. The fraction of sp³-hybridized carbons (Fsp3) is 0.360. The van der Waals surface area contributed by atoms with Gasteiger partial charge in [0.2, 0.25) is 0 Å². The Labute approximate surface area is 192 Å². The number of carbonyl (C=O) groups is 1. The van der Waals surface area contributed by atoms with Crippen molar-refractivity contribution in [2.75, 3.05) is 31.5 Å². The van der Waals surface area contributed by atoms with Gasteiger partial charge in [-0.3, -0.25) is 4.98 Å². The van der Waals surface area contributed by atoms with Gasteiger partial charge in [-0.25, -0.2) is 14.8 Å². The van der Waals surface area contributed by atoms with Crippen molar-refractivity contribution in [3.05, 3.63) is 59.0 Å². The Kier molecular flexibility index (Phi) is 5.92. The number of likely N-dealkylation sites (tertiary alicyclic amines) is 1. The zero-order chi connectivity index (χ0) is 22.8. The number of aromatic nitrogens is 4. The Morgan fingerprint density at radius 1 is 1.21 bits per heavy atom. The summed E-state index contributed by atoms with van der Waals surface area (Å²) in [4.78, 5) is 31.2. The van der Waals surface area contributed by atoms with Gasteiger partial charge in [-0.1, -0.05) is 24.3 Å². The Morgan fingerprint density at radius 3 is 2.82 bits per heavy atom. The monoisotopic (exact) mass is 444 g/mol. The molecule has 5 rings (SSSR count). The Bertz CT molecular complexity index is 1310. The molecule has 0 spiro atoms. The highest BCUT2D eigenvalue weighted by atomic mass is 16.4. The second kappa shape index (κ2) is 9.15. The van der Waals surface area contributed by atoms with Gasteiger partial charge in [0, 0.05) is 19.2 Å². The van der Waals surface area contributed by atoms with Crippen LogP contribution in [0.1, 0.15) is 46.6 Å². The van der Waals surface area contributed by atoms with Crippen LogP contribution in [0.3, 0.4) is 0 Å². The largest absolute Gasteiger partial charge is 0.478 e. The molecular formula is C25H28N6O2. The average molecular weight is 445 g/mol. The number of hydrogen-bond donors (Lipinski definition) is 3. The first-order chi connectivity index (χ1) is 16.1. The summed E-state index contributed by atoms with van der Waals surface area (Å²) >= 11 is 0. The molecule has 4 heterocycles. The third-order valence-corrected chi connectivity index (χ3v) is 6.33. The van der Waals surface area contributed by atoms with Crippen LogP contribution in [0.5, 0.6) is 0 Å². The Hall–Kier alpha value is -3.52. The summed E-state index contributed by atoms with van der Waals surface area (Å²) in [5, 5.41) is 13.7. The Balaban J connectivity index is 1.49. The molecule has 1 aliphatic heterocycles. The van der Waals surface area contributed by atoms with E-state index in [0.29, 0.717) is 28.9 Å². The van der Waals surface area contributed by atoms with Gasteiger partial charge in [-0.2, -0.15) is 0 Å². The smallest absolute Gasteiger partial charge is 0.337 e. The van der Waals surface area contributed by atoms with Crippen molar-refractivity contribution < 1.29 is 9.90 Å². The van der Waals surface area contributed by atoms with Gasteiger partial charge in [0.1, 0.15) is 22.8 Å². The lowest BCUT2D eigenvalue weighted by Gasteiger charge is -2.15. The zero-order valence-corrected chi connectivity index (χ0v) is 18.8. The SMILES string of the molecule is Cc1ccccc1Cc1nc(NCCCN2CCCC2)c2c(n1)[nH]c1cc(C(=O)O)cnc12. The highest BCUT2D eigenvalue weighted by Gasteiger charge is 2.17. The van der Waals surface area contributed by atoms with Crippen molar-refractivity contribution in [1.82, 2.24) is 24.8 Å². The lowest BCUT2D eigenvalue weighted by Crippen LogP contribution is -2.22. The summed E-state index contributed by atoms with van der Waals surface area (Å²) < 4.78 is 0. The molecule has 8 heteroatoms. The molecule has 3 aromatic heterocycles. The topological polar surface area (TPSA) is 107 Å². The maximum absolute atomic E-state index is 11.4. The fourth-order valence-electron chi connectivity index (χ4n) is 4.53. The number of hydrogen-bond acceptors (Lipinski definition) is 6. The van der Waals surface area contributed by atoms with Crippen molar-refractivity contribution in [2.24, 2.45) is 0 Å². The molecule has 3 N–H and O–H groups in total. The highest BCUT2D eigenvalue weighted by Crippen LogP contribution is 2.29. The van der Waals surface area contributed by atoms with Crippen molar-refractivity contribution >= 4 is 33.9 Å². The van der Waals surface area contributed by atoms with Crippen molar-refractivity contribution in [1.29, 1.82) is 0 Å². The van der Waals surface area contributed by atoms with Gasteiger partial charge in [-0.15, -0.1) is 0 Å². The van der Waals surface area contributed by atoms with Crippen LogP contribution >= 0.6 is 0 Å². The van der Waals surface area contributed by atoms with Gasteiger partial charge in [0.25, 0.3) is 0 Å². The molecule has 1 fully saturated rings. The molecule has 0 radical (unpaired) electrons. The minimum Gasteiger partial charge on any atom is -0.478 e.